The van der Waals surface area contributed by atoms with E-state index < -0.39 is 0 Å². The van der Waals surface area contributed by atoms with Crippen LogP contribution in [0.1, 0.15) is 0 Å². The second kappa shape index (κ2) is 2.68. The highest BCUT2D eigenvalue weighted by atomic mass is 35.5. The van der Waals surface area contributed by atoms with Crippen LogP contribution >= 0.6 is 23.2 Å². The Morgan fingerprint density at radius 2 is 1.92 bits per heavy atom. The van der Waals surface area contributed by atoms with E-state index >= 15 is 0 Å². The highest BCUT2D eigenvalue weighted by Gasteiger charge is 2.03. The van der Waals surface area contributed by atoms with Gasteiger partial charge in [0, 0.05) is 5.72 Å². The summed E-state index contributed by atoms with van der Waals surface area (Å²) in [5, 5.41) is 0.975. The van der Waals surface area contributed by atoms with E-state index in [-0.39, 0.29) is 0 Å². The molecule has 2 radical (unpaired) electrons. The van der Waals surface area contributed by atoms with Crippen molar-refractivity contribution in [2.24, 2.45) is 0 Å². The fourth-order valence-corrected chi connectivity index (χ4v) is 1.35. The molecule has 1 aromatic carbocycles. The molecule has 12 heavy (non-hydrogen) atoms. The van der Waals surface area contributed by atoms with Gasteiger partial charge < -0.3 is 4.98 Å². The fraction of sp³-hybridized carbons (Fsp3) is 0. The van der Waals surface area contributed by atoms with E-state index in [2.05, 4.69) is 9.97 Å². The van der Waals surface area contributed by atoms with Crippen LogP contribution < -0.4 is 5.72 Å². The quantitative estimate of drug-likeness (QED) is 0.639. The number of hydrogen-bond donors (Lipinski definition) is 1. The SMILES string of the molecule is [B]c1nc2cc(Cl)c(Cl)cc2[nH]1. The lowest BCUT2D eigenvalue weighted by molar-refractivity contribution is 1.44. The Balaban J connectivity index is 2.83. The van der Waals surface area contributed by atoms with Crippen LogP contribution in [0.25, 0.3) is 11.0 Å². The number of benzene rings is 1. The maximum atomic E-state index is 5.78. The largest absolute Gasteiger partial charge is 0.351 e. The summed E-state index contributed by atoms with van der Waals surface area (Å²) in [6, 6.07) is 3.37. The second-order valence-electron chi connectivity index (χ2n) is 2.41. The molecule has 0 spiro atoms. The van der Waals surface area contributed by atoms with Crippen molar-refractivity contribution >= 4 is 47.8 Å². The van der Waals surface area contributed by atoms with Crippen molar-refractivity contribution in [3.8, 4) is 0 Å². The molecule has 1 heterocycles. The number of rotatable bonds is 0. The predicted octanol–water partition coefficient (Wildman–Crippen LogP) is 1.66. The highest BCUT2D eigenvalue weighted by molar-refractivity contribution is 6.42. The minimum atomic E-state index is 0.364. The van der Waals surface area contributed by atoms with Crippen LogP contribution in [0.2, 0.25) is 10.0 Å². The van der Waals surface area contributed by atoms with E-state index in [9.17, 15) is 0 Å². The number of hydrogen-bond acceptors (Lipinski definition) is 1. The van der Waals surface area contributed by atoms with Crippen LogP contribution in [-0.4, -0.2) is 17.8 Å². The Hall–Kier alpha value is -0.665. The van der Waals surface area contributed by atoms with Crippen LogP contribution in [0.4, 0.5) is 0 Å². The molecule has 2 aromatic rings. The van der Waals surface area contributed by atoms with Gasteiger partial charge >= 0.3 is 0 Å². The van der Waals surface area contributed by atoms with Crippen LogP contribution in [-0.2, 0) is 0 Å². The Labute approximate surface area is 80.3 Å². The minimum absolute atomic E-state index is 0.364. The molecule has 58 valence electrons. The molecule has 0 bridgehead atoms. The van der Waals surface area contributed by atoms with E-state index in [1.165, 1.54) is 0 Å². The second-order valence-corrected chi connectivity index (χ2v) is 3.22. The van der Waals surface area contributed by atoms with Crippen LogP contribution in [0, 0.1) is 0 Å². The third kappa shape index (κ3) is 1.19. The zero-order valence-corrected chi connectivity index (χ0v) is 7.45. The van der Waals surface area contributed by atoms with Crippen LogP contribution in [0.3, 0.4) is 0 Å². The van der Waals surface area contributed by atoms with Crippen LogP contribution in [0.5, 0.6) is 0 Å². The Bertz CT molecular complexity index is 399. The maximum Gasteiger partial charge on any atom is 0.167 e. The molecule has 1 aromatic heterocycles. The molecular weight excluding hydrogens is 194 g/mol. The normalized spacial score (nSPS) is 10.8. The van der Waals surface area contributed by atoms with Gasteiger partial charge in [-0.25, -0.2) is 4.98 Å². The monoisotopic (exact) mass is 196 g/mol. The zero-order chi connectivity index (χ0) is 8.72. The van der Waals surface area contributed by atoms with Gasteiger partial charge in [-0.3, -0.25) is 0 Å². The van der Waals surface area contributed by atoms with E-state index in [4.69, 9.17) is 31.0 Å². The molecule has 2 nitrogen and oxygen atoms in total. The molecule has 0 amide bonds. The van der Waals surface area contributed by atoms with Crippen molar-refractivity contribution in [1.82, 2.24) is 9.97 Å². The smallest absolute Gasteiger partial charge is 0.167 e. The number of nitrogens with one attached hydrogen (secondary N) is 1. The molecule has 0 fully saturated rings. The molecule has 1 N–H and O–H groups in total. The minimum Gasteiger partial charge on any atom is -0.351 e. The van der Waals surface area contributed by atoms with Crippen molar-refractivity contribution in [2.45, 2.75) is 0 Å². The third-order valence-electron chi connectivity index (χ3n) is 1.54. The van der Waals surface area contributed by atoms with Crippen molar-refractivity contribution in [1.29, 1.82) is 0 Å². The number of H-pyrrole nitrogens is 1. The number of aromatic nitrogens is 2. The molecule has 2 rings (SSSR count). The first-order valence-electron chi connectivity index (χ1n) is 3.27. The lowest BCUT2D eigenvalue weighted by atomic mass is 10.1. The molecular formula is C7H3BCl2N2. The highest BCUT2D eigenvalue weighted by Crippen LogP contribution is 2.25. The molecule has 0 saturated heterocycles. The average Bonchev–Trinajstić information content (AvgIpc) is 2.30. The zero-order valence-electron chi connectivity index (χ0n) is 5.94. The van der Waals surface area contributed by atoms with Gasteiger partial charge in [0.15, 0.2) is 7.85 Å². The number of nitrogens with zero attached hydrogens (tertiary/aromatic N) is 1. The number of imidazole rings is 1. The molecule has 5 heteroatoms. The Morgan fingerprint density at radius 3 is 2.67 bits per heavy atom. The molecule has 0 aliphatic heterocycles. The van der Waals surface area contributed by atoms with Gasteiger partial charge in [0.2, 0.25) is 0 Å². The van der Waals surface area contributed by atoms with Gasteiger partial charge in [-0.1, -0.05) is 23.2 Å². The summed E-state index contributed by atoms with van der Waals surface area (Å²) in [7, 11) is 5.44. The first kappa shape index (κ1) is 7.96. The van der Waals surface area contributed by atoms with Gasteiger partial charge in [0.25, 0.3) is 0 Å². The number of halogens is 2. The van der Waals surface area contributed by atoms with Crippen LogP contribution in [0.15, 0.2) is 12.1 Å². The first-order valence-corrected chi connectivity index (χ1v) is 4.02. The van der Waals surface area contributed by atoms with E-state index in [0.717, 1.165) is 11.0 Å². The molecule has 0 atom stereocenters. The van der Waals surface area contributed by atoms with Gasteiger partial charge in [-0.2, -0.15) is 0 Å². The summed E-state index contributed by atoms with van der Waals surface area (Å²) in [5.41, 5.74) is 1.88. The summed E-state index contributed by atoms with van der Waals surface area (Å²) in [5.74, 6) is 0. The summed E-state index contributed by atoms with van der Waals surface area (Å²) in [6.45, 7) is 0. The Kier molecular flexibility index (Phi) is 1.78. The summed E-state index contributed by atoms with van der Waals surface area (Å²) < 4.78 is 0. The average molecular weight is 197 g/mol. The van der Waals surface area contributed by atoms with Crippen molar-refractivity contribution in [2.75, 3.05) is 0 Å². The molecule has 0 aliphatic carbocycles. The lowest BCUT2D eigenvalue weighted by Crippen LogP contribution is -2.04. The van der Waals surface area contributed by atoms with Gasteiger partial charge in [0.05, 0.1) is 21.1 Å². The standard InChI is InChI=1S/C7H3BCl2N2/c8-7-11-5-1-3(9)4(10)2-6(5)12-7/h1-2H,(H,11,12). The van der Waals surface area contributed by atoms with Crippen molar-refractivity contribution in [3.05, 3.63) is 22.2 Å². The summed E-state index contributed by atoms with van der Waals surface area (Å²) >= 11 is 11.5. The van der Waals surface area contributed by atoms with E-state index in [1.807, 2.05) is 0 Å². The fourth-order valence-electron chi connectivity index (χ4n) is 1.02. The van der Waals surface area contributed by atoms with Gasteiger partial charge in [0.1, 0.15) is 0 Å². The summed E-state index contributed by atoms with van der Waals surface area (Å²) in [4.78, 5) is 6.84. The van der Waals surface area contributed by atoms with Crippen molar-refractivity contribution in [3.63, 3.8) is 0 Å². The van der Waals surface area contributed by atoms with Gasteiger partial charge in [-0.15, -0.1) is 0 Å². The van der Waals surface area contributed by atoms with E-state index in [0.29, 0.717) is 15.8 Å². The maximum absolute atomic E-state index is 5.78. The van der Waals surface area contributed by atoms with E-state index in [1.54, 1.807) is 12.1 Å². The summed E-state index contributed by atoms with van der Waals surface area (Å²) in [6.07, 6.45) is 0. The third-order valence-corrected chi connectivity index (χ3v) is 2.26. The van der Waals surface area contributed by atoms with Crippen molar-refractivity contribution < 1.29 is 0 Å². The Morgan fingerprint density at radius 1 is 1.25 bits per heavy atom. The molecule has 0 aliphatic rings. The first-order chi connectivity index (χ1) is 5.66. The predicted molar refractivity (Wildman–Crippen MR) is 51.5 cm³/mol. The number of aromatic amines is 1. The molecule has 0 saturated carbocycles. The van der Waals surface area contributed by atoms with Gasteiger partial charge in [-0.05, 0) is 12.1 Å². The topological polar surface area (TPSA) is 28.7 Å². The molecule has 0 unspecified atom stereocenters. The number of fused-ring (bicyclic) bond motifs is 1. The lowest BCUT2D eigenvalue weighted by Gasteiger charge is -1.93.